The molecule has 0 fully saturated rings. The molecule has 0 atom stereocenters. The zero-order chi connectivity index (χ0) is 21.8. The van der Waals surface area contributed by atoms with Gasteiger partial charge in [-0.1, -0.05) is 29.8 Å². The number of sulfone groups is 1. The summed E-state index contributed by atoms with van der Waals surface area (Å²) in [5, 5.41) is 0.454. The Hall–Kier alpha value is -3.49. The molecule has 6 nitrogen and oxygen atoms in total. The van der Waals surface area contributed by atoms with E-state index < -0.39 is 15.7 Å². The molecule has 0 bridgehead atoms. The summed E-state index contributed by atoms with van der Waals surface area (Å²) in [6.07, 6.45) is 0. The number of rotatable bonds is 3. The highest BCUT2D eigenvalue weighted by atomic mass is 35.5. The summed E-state index contributed by atoms with van der Waals surface area (Å²) in [5.74, 6) is -0.601. The number of aromatic nitrogens is 3. The number of fused-ring (bicyclic) bond motifs is 2. The molecule has 9 heteroatoms. The third kappa shape index (κ3) is 3.11. The van der Waals surface area contributed by atoms with E-state index in [4.69, 9.17) is 17.3 Å². The fraction of sp³-hybridized carbons (Fsp3) is 0. The highest BCUT2D eigenvalue weighted by molar-refractivity contribution is 7.92. The first-order chi connectivity index (χ1) is 14.9. The van der Waals surface area contributed by atoms with E-state index in [1.54, 1.807) is 42.5 Å². The van der Waals surface area contributed by atoms with E-state index in [2.05, 4.69) is 9.97 Å². The number of hydrogen-bond donors (Lipinski definition) is 1. The quantitative estimate of drug-likeness (QED) is 0.398. The van der Waals surface area contributed by atoms with E-state index in [0.29, 0.717) is 21.7 Å². The van der Waals surface area contributed by atoms with Gasteiger partial charge < -0.3 is 5.73 Å². The van der Waals surface area contributed by atoms with Crippen molar-refractivity contribution in [3.63, 3.8) is 0 Å². The molecule has 0 amide bonds. The molecule has 0 radical (unpaired) electrons. The van der Waals surface area contributed by atoms with E-state index in [9.17, 15) is 12.8 Å². The number of para-hydroxylation sites is 2. The van der Waals surface area contributed by atoms with Gasteiger partial charge in [0.1, 0.15) is 22.0 Å². The number of nitrogens with two attached hydrogens (primary N) is 1. The SMILES string of the molecule is Nc1c(S(=O)(=O)c2ccc(F)cc2)c2nc3ccccc3nc2n1-c1cccc(Cl)c1. The summed E-state index contributed by atoms with van der Waals surface area (Å²) in [4.78, 5) is 8.92. The minimum atomic E-state index is -4.13. The fourth-order valence-corrected chi connectivity index (χ4v) is 5.18. The molecule has 2 heterocycles. The lowest BCUT2D eigenvalue weighted by Gasteiger charge is -2.08. The summed E-state index contributed by atoms with van der Waals surface area (Å²) in [7, 11) is -4.13. The van der Waals surface area contributed by atoms with Crippen LogP contribution in [0.15, 0.2) is 82.6 Å². The lowest BCUT2D eigenvalue weighted by atomic mass is 10.3. The zero-order valence-electron chi connectivity index (χ0n) is 15.8. The molecular formula is C22H14ClFN4O2S. The van der Waals surface area contributed by atoms with Gasteiger partial charge >= 0.3 is 0 Å². The summed E-state index contributed by atoms with van der Waals surface area (Å²) >= 11 is 6.16. The van der Waals surface area contributed by atoms with Gasteiger partial charge in [-0.3, -0.25) is 4.57 Å². The molecule has 0 unspecified atom stereocenters. The minimum Gasteiger partial charge on any atom is -0.384 e. The highest BCUT2D eigenvalue weighted by Gasteiger charge is 2.30. The van der Waals surface area contributed by atoms with Gasteiger partial charge in [-0.05, 0) is 54.6 Å². The summed E-state index contributed by atoms with van der Waals surface area (Å²) in [6, 6.07) is 18.5. The molecule has 0 aliphatic carbocycles. The van der Waals surface area contributed by atoms with Crippen molar-refractivity contribution in [2.24, 2.45) is 0 Å². The maximum Gasteiger partial charge on any atom is 0.212 e. The van der Waals surface area contributed by atoms with Gasteiger partial charge in [-0.25, -0.2) is 22.8 Å². The Balaban J connectivity index is 1.91. The van der Waals surface area contributed by atoms with E-state index in [1.165, 1.54) is 16.7 Å². The van der Waals surface area contributed by atoms with Gasteiger partial charge in [0.15, 0.2) is 5.65 Å². The number of halogens is 2. The van der Waals surface area contributed by atoms with Gasteiger partial charge in [0.25, 0.3) is 0 Å². The van der Waals surface area contributed by atoms with Gasteiger partial charge in [-0.2, -0.15) is 0 Å². The molecule has 31 heavy (non-hydrogen) atoms. The molecule has 0 spiro atoms. The molecule has 5 rings (SSSR count). The van der Waals surface area contributed by atoms with Crippen LogP contribution in [0.2, 0.25) is 5.02 Å². The van der Waals surface area contributed by atoms with E-state index in [0.717, 1.165) is 12.1 Å². The molecular weight excluding hydrogens is 439 g/mol. The normalized spacial score (nSPS) is 11.9. The van der Waals surface area contributed by atoms with Crippen molar-refractivity contribution in [3.8, 4) is 5.69 Å². The van der Waals surface area contributed by atoms with Crippen LogP contribution in [-0.4, -0.2) is 23.0 Å². The van der Waals surface area contributed by atoms with Crippen LogP contribution in [0.5, 0.6) is 0 Å². The van der Waals surface area contributed by atoms with Crippen molar-refractivity contribution in [1.29, 1.82) is 0 Å². The maximum absolute atomic E-state index is 13.5. The molecule has 0 saturated carbocycles. The average molecular weight is 453 g/mol. The summed E-state index contributed by atoms with van der Waals surface area (Å²) < 4.78 is 41.9. The lowest BCUT2D eigenvalue weighted by molar-refractivity contribution is 0.595. The van der Waals surface area contributed by atoms with Gasteiger partial charge in [-0.15, -0.1) is 0 Å². The monoisotopic (exact) mass is 452 g/mol. The molecule has 3 aromatic carbocycles. The van der Waals surface area contributed by atoms with Crippen LogP contribution >= 0.6 is 11.6 Å². The highest BCUT2D eigenvalue weighted by Crippen LogP contribution is 2.37. The Labute approximate surface area is 181 Å². The maximum atomic E-state index is 13.5. The van der Waals surface area contributed by atoms with Crippen LogP contribution in [0.1, 0.15) is 0 Å². The van der Waals surface area contributed by atoms with Crippen molar-refractivity contribution >= 4 is 49.5 Å². The third-order valence-corrected chi connectivity index (χ3v) is 6.98. The van der Waals surface area contributed by atoms with Crippen LogP contribution in [0.3, 0.4) is 0 Å². The lowest BCUT2D eigenvalue weighted by Crippen LogP contribution is -2.07. The van der Waals surface area contributed by atoms with Crippen LogP contribution in [0.25, 0.3) is 27.9 Å². The molecule has 2 N–H and O–H groups in total. The predicted molar refractivity (Wildman–Crippen MR) is 118 cm³/mol. The smallest absolute Gasteiger partial charge is 0.212 e. The first-order valence-corrected chi connectivity index (χ1v) is 11.1. The first kappa shape index (κ1) is 19.5. The van der Waals surface area contributed by atoms with Crippen LogP contribution in [0, 0.1) is 5.82 Å². The van der Waals surface area contributed by atoms with Gasteiger partial charge in [0, 0.05) is 5.02 Å². The number of nitrogen functional groups attached to an aromatic ring is 1. The van der Waals surface area contributed by atoms with E-state index in [1.807, 2.05) is 6.07 Å². The largest absolute Gasteiger partial charge is 0.384 e. The average Bonchev–Trinajstić information content (AvgIpc) is 3.03. The van der Waals surface area contributed by atoms with Crippen molar-refractivity contribution < 1.29 is 12.8 Å². The van der Waals surface area contributed by atoms with Gasteiger partial charge in [0.2, 0.25) is 9.84 Å². The Bertz CT molecular complexity index is 1580. The van der Waals surface area contributed by atoms with Crippen LogP contribution in [-0.2, 0) is 9.84 Å². The number of nitrogens with zero attached hydrogens (tertiary/aromatic N) is 3. The second-order valence-corrected chi connectivity index (χ2v) is 9.19. The van der Waals surface area contributed by atoms with Crippen LogP contribution in [0.4, 0.5) is 10.2 Å². The number of hydrogen-bond acceptors (Lipinski definition) is 5. The third-order valence-electron chi connectivity index (χ3n) is 4.91. The first-order valence-electron chi connectivity index (χ1n) is 9.19. The minimum absolute atomic E-state index is 0.0584. The van der Waals surface area contributed by atoms with E-state index >= 15 is 0 Å². The summed E-state index contributed by atoms with van der Waals surface area (Å²) in [5.41, 5.74) is 8.45. The Morgan fingerprint density at radius 1 is 0.903 bits per heavy atom. The van der Waals surface area contributed by atoms with Crippen molar-refractivity contribution in [1.82, 2.24) is 14.5 Å². The second kappa shape index (κ2) is 7.04. The number of benzene rings is 3. The Morgan fingerprint density at radius 2 is 1.58 bits per heavy atom. The zero-order valence-corrected chi connectivity index (χ0v) is 17.4. The van der Waals surface area contributed by atoms with Crippen LogP contribution < -0.4 is 5.73 Å². The Kier molecular flexibility index (Phi) is 4.42. The van der Waals surface area contributed by atoms with Crippen molar-refractivity contribution in [2.45, 2.75) is 9.79 Å². The van der Waals surface area contributed by atoms with Crippen molar-refractivity contribution in [2.75, 3.05) is 5.73 Å². The standard InChI is InChI=1S/C22H14ClFN4O2S/c23-13-4-3-5-15(12-13)28-21(25)20(31(29,30)16-10-8-14(24)9-11-16)19-22(28)27-18-7-2-1-6-17(18)26-19/h1-12H,25H2. The summed E-state index contributed by atoms with van der Waals surface area (Å²) in [6.45, 7) is 0. The van der Waals surface area contributed by atoms with Gasteiger partial charge in [0.05, 0.1) is 21.6 Å². The molecule has 0 aliphatic heterocycles. The second-order valence-electron chi connectivity index (χ2n) is 6.87. The molecule has 2 aromatic heterocycles. The van der Waals surface area contributed by atoms with E-state index in [-0.39, 0.29) is 26.8 Å². The predicted octanol–water partition coefficient (Wildman–Crippen LogP) is 4.78. The molecule has 0 aliphatic rings. The molecule has 0 saturated heterocycles. The fourth-order valence-electron chi connectivity index (χ4n) is 3.51. The van der Waals surface area contributed by atoms with Crippen molar-refractivity contribution in [3.05, 3.63) is 83.6 Å². The molecule has 154 valence electrons. The Morgan fingerprint density at radius 3 is 2.26 bits per heavy atom. The molecule has 5 aromatic rings. The number of anilines is 1. The topological polar surface area (TPSA) is 90.9 Å².